The highest BCUT2D eigenvalue weighted by Gasteiger charge is 2.33. The lowest BCUT2D eigenvalue weighted by Crippen LogP contribution is -2.21. The smallest absolute Gasteiger partial charge is 0.328 e. The lowest BCUT2D eigenvalue weighted by atomic mass is 9.94. The normalized spacial score (nSPS) is 13.1. The van der Waals surface area contributed by atoms with Crippen LogP contribution >= 0.6 is 0 Å². The fourth-order valence-electron chi connectivity index (χ4n) is 4.27. The SMILES string of the molecule is Cc1c([C@@H](C)Nc2nnc(C)c3cc4c(cc23)n(C)c(=O)n4C)cccc1C(F)(F)CO. The van der Waals surface area contributed by atoms with Crippen molar-refractivity contribution in [3.05, 3.63) is 63.2 Å². The van der Waals surface area contributed by atoms with E-state index >= 15 is 0 Å². The van der Waals surface area contributed by atoms with Crippen molar-refractivity contribution >= 4 is 27.6 Å². The topological polar surface area (TPSA) is 85.0 Å². The van der Waals surface area contributed by atoms with E-state index in [9.17, 15) is 13.6 Å². The van der Waals surface area contributed by atoms with Crippen molar-refractivity contribution < 1.29 is 13.9 Å². The summed E-state index contributed by atoms with van der Waals surface area (Å²) in [5.74, 6) is -2.82. The maximum atomic E-state index is 14.2. The van der Waals surface area contributed by atoms with Gasteiger partial charge in [0.25, 0.3) is 5.92 Å². The molecule has 2 N–H and O–H groups in total. The van der Waals surface area contributed by atoms with Crippen LogP contribution in [0.25, 0.3) is 21.8 Å². The molecule has 7 nitrogen and oxygen atoms in total. The number of anilines is 1. The van der Waals surface area contributed by atoms with Crippen LogP contribution in [0.2, 0.25) is 0 Å². The first-order chi connectivity index (χ1) is 15.1. The molecule has 32 heavy (non-hydrogen) atoms. The van der Waals surface area contributed by atoms with Gasteiger partial charge in [0, 0.05) is 30.4 Å². The second-order valence-corrected chi connectivity index (χ2v) is 8.17. The molecule has 0 amide bonds. The molecule has 4 aromatic rings. The summed E-state index contributed by atoms with van der Waals surface area (Å²) in [6, 6.07) is 8.11. The third-order valence-corrected chi connectivity index (χ3v) is 6.14. The monoisotopic (exact) mass is 441 g/mol. The third-order valence-electron chi connectivity index (χ3n) is 6.14. The van der Waals surface area contributed by atoms with Gasteiger partial charge in [-0.05, 0) is 44.0 Å². The van der Waals surface area contributed by atoms with Gasteiger partial charge in [-0.15, -0.1) is 5.10 Å². The van der Waals surface area contributed by atoms with Crippen molar-refractivity contribution in [3.8, 4) is 0 Å². The number of hydrogen-bond donors (Lipinski definition) is 2. The minimum absolute atomic E-state index is 0.131. The largest absolute Gasteiger partial charge is 0.390 e. The summed E-state index contributed by atoms with van der Waals surface area (Å²) >= 11 is 0. The molecular formula is C23H25F2N5O2. The van der Waals surface area contributed by atoms with E-state index in [0.717, 1.165) is 27.5 Å². The summed E-state index contributed by atoms with van der Waals surface area (Å²) in [6.07, 6.45) is 0. The highest BCUT2D eigenvalue weighted by molar-refractivity contribution is 6.01. The minimum atomic E-state index is -3.32. The Morgan fingerprint density at radius 1 is 1.09 bits per heavy atom. The van der Waals surface area contributed by atoms with E-state index in [-0.39, 0.29) is 17.3 Å². The summed E-state index contributed by atoms with van der Waals surface area (Å²) in [5, 5.41) is 22.6. The van der Waals surface area contributed by atoms with E-state index in [1.165, 1.54) is 6.07 Å². The average molecular weight is 441 g/mol. The molecule has 0 aliphatic rings. The summed E-state index contributed by atoms with van der Waals surface area (Å²) in [7, 11) is 3.43. The van der Waals surface area contributed by atoms with Gasteiger partial charge in [0.2, 0.25) is 0 Å². The van der Waals surface area contributed by atoms with Crippen LogP contribution in [0.5, 0.6) is 0 Å². The van der Waals surface area contributed by atoms with Crippen LogP contribution < -0.4 is 11.0 Å². The van der Waals surface area contributed by atoms with Crippen molar-refractivity contribution in [2.45, 2.75) is 32.7 Å². The molecule has 0 fully saturated rings. The van der Waals surface area contributed by atoms with Crippen molar-refractivity contribution in [1.29, 1.82) is 0 Å². The Morgan fingerprint density at radius 2 is 1.72 bits per heavy atom. The van der Waals surface area contributed by atoms with Gasteiger partial charge >= 0.3 is 5.69 Å². The standard InChI is InChI=1S/C23H25F2N5O2/c1-12-15(7-6-8-18(12)23(24,25)11-31)13(2)26-21-17-10-20-19(29(4)22(32)30(20)5)9-16(17)14(3)27-28-21/h6-10,13,31H,11H2,1-5H3,(H,26,28)/t13-/m1/s1. The number of aryl methyl sites for hydroxylation is 3. The quantitative estimate of drug-likeness (QED) is 0.493. The van der Waals surface area contributed by atoms with Crippen LogP contribution in [-0.2, 0) is 20.0 Å². The Morgan fingerprint density at radius 3 is 2.34 bits per heavy atom. The van der Waals surface area contributed by atoms with E-state index in [0.29, 0.717) is 16.9 Å². The molecule has 2 heterocycles. The van der Waals surface area contributed by atoms with Crippen LogP contribution in [0.15, 0.2) is 35.1 Å². The van der Waals surface area contributed by atoms with Crippen molar-refractivity contribution in [1.82, 2.24) is 19.3 Å². The Hall–Kier alpha value is -3.33. The fourth-order valence-corrected chi connectivity index (χ4v) is 4.27. The van der Waals surface area contributed by atoms with Gasteiger partial charge in [0.1, 0.15) is 6.61 Å². The molecule has 2 aromatic heterocycles. The number of fused-ring (bicyclic) bond motifs is 2. The van der Waals surface area contributed by atoms with Gasteiger partial charge in [-0.25, -0.2) is 4.79 Å². The molecule has 2 aromatic carbocycles. The predicted molar refractivity (Wildman–Crippen MR) is 120 cm³/mol. The molecule has 0 saturated heterocycles. The molecule has 1 atom stereocenters. The molecule has 0 bridgehead atoms. The number of nitrogens with one attached hydrogen (secondary N) is 1. The molecule has 9 heteroatoms. The van der Waals surface area contributed by atoms with Crippen LogP contribution in [0, 0.1) is 13.8 Å². The Labute approximate surface area is 183 Å². The molecule has 0 unspecified atom stereocenters. The van der Waals surface area contributed by atoms with Gasteiger partial charge < -0.3 is 10.4 Å². The summed E-state index contributed by atoms with van der Waals surface area (Å²) in [4.78, 5) is 12.4. The number of alkyl halides is 2. The van der Waals surface area contributed by atoms with E-state index in [1.54, 1.807) is 42.3 Å². The van der Waals surface area contributed by atoms with Crippen molar-refractivity contribution in [2.75, 3.05) is 11.9 Å². The molecule has 0 radical (unpaired) electrons. The second kappa shape index (κ2) is 7.67. The van der Waals surface area contributed by atoms with Gasteiger partial charge in [0.15, 0.2) is 5.82 Å². The number of benzene rings is 2. The zero-order valence-corrected chi connectivity index (χ0v) is 18.6. The van der Waals surface area contributed by atoms with E-state index in [4.69, 9.17) is 5.11 Å². The molecule has 0 aliphatic carbocycles. The minimum Gasteiger partial charge on any atom is -0.390 e. The predicted octanol–water partition coefficient (Wildman–Crippen LogP) is 3.69. The number of nitrogens with zero attached hydrogens (tertiary/aromatic N) is 4. The number of aliphatic hydroxyl groups excluding tert-OH is 1. The highest BCUT2D eigenvalue weighted by Crippen LogP contribution is 2.35. The van der Waals surface area contributed by atoms with Gasteiger partial charge in [-0.1, -0.05) is 18.2 Å². The zero-order valence-electron chi connectivity index (χ0n) is 18.6. The maximum absolute atomic E-state index is 14.2. The first-order valence-electron chi connectivity index (χ1n) is 10.2. The highest BCUT2D eigenvalue weighted by atomic mass is 19.3. The average Bonchev–Trinajstić information content (AvgIpc) is 2.98. The fraction of sp³-hybridized carbons (Fsp3) is 0.348. The van der Waals surface area contributed by atoms with E-state index in [1.807, 2.05) is 26.0 Å². The first-order valence-corrected chi connectivity index (χ1v) is 10.2. The number of hydrogen-bond acceptors (Lipinski definition) is 5. The summed E-state index contributed by atoms with van der Waals surface area (Å²) in [6.45, 7) is 4.07. The van der Waals surface area contributed by atoms with E-state index < -0.39 is 12.5 Å². The summed E-state index contributed by atoms with van der Waals surface area (Å²) in [5.41, 5.74) is 3.00. The number of rotatable bonds is 5. The summed E-state index contributed by atoms with van der Waals surface area (Å²) < 4.78 is 31.5. The van der Waals surface area contributed by atoms with Crippen LogP contribution in [0.3, 0.4) is 0 Å². The number of halogens is 2. The lowest BCUT2D eigenvalue weighted by molar-refractivity contribution is -0.0561. The van der Waals surface area contributed by atoms with Gasteiger partial charge in [-0.3, -0.25) is 9.13 Å². The van der Waals surface area contributed by atoms with Gasteiger partial charge in [-0.2, -0.15) is 13.9 Å². The molecule has 4 rings (SSSR count). The number of aromatic nitrogens is 4. The first kappa shape index (κ1) is 21.9. The molecular weight excluding hydrogens is 416 g/mol. The van der Waals surface area contributed by atoms with Crippen LogP contribution in [-0.4, -0.2) is 31.0 Å². The molecule has 0 spiro atoms. The zero-order chi connectivity index (χ0) is 23.4. The number of aliphatic hydroxyl groups is 1. The molecule has 168 valence electrons. The third kappa shape index (κ3) is 3.33. The van der Waals surface area contributed by atoms with Crippen LogP contribution in [0.4, 0.5) is 14.6 Å². The van der Waals surface area contributed by atoms with Crippen LogP contribution in [0.1, 0.15) is 35.3 Å². The molecule has 0 saturated carbocycles. The lowest BCUT2D eigenvalue weighted by Gasteiger charge is -2.23. The van der Waals surface area contributed by atoms with Gasteiger partial charge in [0.05, 0.1) is 22.8 Å². The second-order valence-electron chi connectivity index (χ2n) is 8.17. The molecule has 0 aliphatic heterocycles. The number of imidazole rings is 1. The van der Waals surface area contributed by atoms with Crippen molar-refractivity contribution in [2.24, 2.45) is 14.1 Å². The van der Waals surface area contributed by atoms with Crippen molar-refractivity contribution in [3.63, 3.8) is 0 Å². The Bertz CT molecular complexity index is 1410. The Kier molecular flexibility index (Phi) is 5.24. The maximum Gasteiger partial charge on any atom is 0.328 e. The Balaban J connectivity index is 1.83. The van der Waals surface area contributed by atoms with E-state index in [2.05, 4.69) is 15.5 Å².